The van der Waals surface area contributed by atoms with E-state index >= 15 is 0 Å². The number of fused-ring (bicyclic) bond motifs is 3. The number of aryl methyl sites for hydroxylation is 1. The molecule has 0 bridgehead atoms. The molecule has 0 aliphatic heterocycles. The third kappa shape index (κ3) is 2.55. The molecule has 24 heavy (non-hydrogen) atoms. The fourth-order valence-corrected chi connectivity index (χ4v) is 3.02. The summed E-state index contributed by atoms with van der Waals surface area (Å²) in [5.74, 6) is 1.73. The van der Waals surface area contributed by atoms with Crippen molar-refractivity contribution in [2.45, 2.75) is 26.3 Å². The van der Waals surface area contributed by atoms with E-state index in [1.165, 1.54) is 5.56 Å². The number of rotatable bonds is 4. The summed E-state index contributed by atoms with van der Waals surface area (Å²) in [4.78, 5) is 9.42. The second-order valence-corrected chi connectivity index (χ2v) is 6.02. The lowest BCUT2D eigenvalue weighted by Crippen LogP contribution is -2.79. The van der Waals surface area contributed by atoms with Crippen molar-refractivity contribution in [3.8, 4) is 0 Å². The average molecular weight is 318 g/mol. The largest absolute Gasteiger partial charge is 0.446 e. The maximum Gasteiger partial charge on any atom is 0.272 e. The van der Waals surface area contributed by atoms with Crippen molar-refractivity contribution in [1.29, 1.82) is 0 Å². The van der Waals surface area contributed by atoms with Crippen LogP contribution in [0.25, 0.3) is 22.1 Å². The van der Waals surface area contributed by atoms with Gasteiger partial charge in [-0.15, -0.1) is 0 Å². The fraction of sp³-hybridized carbons (Fsp3) is 0.200. The van der Waals surface area contributed by atoms with Crippen molar-refractivity contribution in [3.05, 3.63) is 66.0 Å². The Hall–Kier alpha value is -2.72. The van der Waals surface area contributed by atoms with Gasteiger partial charge >= 0.3 is 0 Å². The Labute approximate surface area is 140 Å². The lowest BCUT2D eigenvalue weighted by Gasteiger charge is -2.10. The van der Waals surface area contributed by atoms with E-state index in [-0.39, 0.29) is 6.04 Å². The normalized spacial score (nSPS) is 12.8. The van der Waals surface area contributed by atoms with Gasteiger partial charge in [-0.3, -0.25) is 5.32 Å². The van der Waals surface area contributed by atoms with E-state index in [2.05, 4.69) is 49.5 Å². The first-order valence-electron chi connectivity index (χ1n) is 8.34. The van der Waals surface area contributed by atoms with Crippen molar-refractivity contribution in [2.75, 3.05) is 0 Å². The summed E-state index contributed by atoms with van der Waals surface area (Å²) in [6.45, 7) is 4.26. The highest BCUT2D eigenvalue weighted by Crippen LogP contribution is 2.29. The number of aromatic nitrogens is 2. The molecule has 4 heteroatoms. The van der Waals surface area contributed by atoms with Crippen LogP contribution < -0.4 is 5.32 Å². The van der Waals surface area contributed by atoms with Gasteiger partial charge in [0, 0.05) is 17.4 Å². The SMILES string of the molecule is CCc1nc([NH2+]C(C)c2ccccc2)c2oc3ccccc3c2n1. The van der Waals surface area contributed by atoms with Gasteiger partial charge in [-0.1, -0.05) is 49.4 Å². The molecule has 4 rings (SSSR count). The van der Waals surface area contributed by atoms with Crippen LogP contribution in [0.2, 0.25) is 0 Å². The average Bonchev–Trinajstić information content (AvgIpc) is 3.01. The number of nitrogens with zero attached hydrogens (tertiary/aromatic N) is 2. The molecular weight excluding hydrogens is 298 g/mol. The Bertz CT molecular complexity index is 992. The van der Waals surface area contributed by atoms with Crippen LogP contribution in [0.15, 0.2) is 59.0 Å². The Kier molecular flexibility index (Phi) is 3.75. The van der Waals surface area contributed by atoms with E-state index < -0.39 is 0 Å². The fourth-order valence-electron chi connectivity index (χ4n) is 3.02. The highest BCUT2D eigenvalue weighted by atomic mass is 16.3. The number of hydrogen-bond acceptors (Lipinski definition) is 3. The minimum Gasteiger partial charge on any atom is -0.446 e. The first-order chi connectivity index (χ1) is 11.8. The van der Waals surface area contributed by atoms with E-state index in [9.17, 15) is 0 Å². The highest BCUT2D eigenvalue weighted by molar-refractivity contribution is 6.04. The monoisotopic (exact) mass is 318 g/mol. The smallest absolute Gasteiger partial charge is 0.272 e. The van der Waals surface area contributed by atoms with Gasteiger partial charge in [-0.2, -0.15) is 4.98 Å². The zero-order valence-corrected chi connectivity index (χ0v) is 13.9. The summed E-state index contributed by atoms with van der Waals surface area (Å²) in [6.07, 6.45) is 0.802. The van der Waals surface area contributed by atoms with Crippen LogP contribution >= 0.6 is 0 Å². The van der Waals surface area contributed by atoms with E-state index in [1.54, 1.807) is 0 Å². The molecule has 0 aliphatic rings. The van der Waals surface area contributed by atoms with Crippen LogP contribution in [0.3, 0.4) is 0 Å². The van der Waals surface area contributed by atoms with Gasteiger partial charge in [-0.05, 0) is 19.1 Å². The summed E-state index contributed by atoms with van der Waals surface area (Å²) in [5, 5.41) is 3.22. The van der Waals surface area contributed by atoms with Gasteiger partial charge < -0.3 is 4.42 Å². The first kappa shape index (κ1) is 14.8. The molecule has 2 heterocycles. The lowest BCUT2D eigenvalue weighted by atomic mass is 10.1. The molecule has 0 fully saturated rings. The molecule has 0 aliphatic carbocycles. The maximum atomic E-state index is 6.06. The van der Waals surface area contributed by atoms with Crippen LogP contribution in [0, 0.1) is 0 Å². The third-order valence-electron chi connectivity index (χ3n) is 4.34. The van der Waals surface area contributed by atoms with E-state index in [1.807, 2.05) is 24.3 Å². The Morgan fingerprint density at radius 1 is 1.00 bits per heavy atom. The summed E-state index contributed by atoms with van der Waals surface area (Å²) in [6, 6.07) is 18.7. The lowest BCUT2D eigenvalue weighted by molar-refractivity contribution is -0.616. The van der Waals surface area contributed by atoms with Crippen LogP contribution in [0.1, 0.15) is 31.3 Å². The molecule has 2 aromatic heterocycles. The van der Waals surface area contributed by atoms with Crippen LogP contribution in [0.5, 0.6) is 0 Å². The standard InChI is InChI=1S/C20H19N3O/c1-3-17-22-18-15-11-7-8-12-16(15)24-19(18)20(23-17)21-13(2)14-9-5-4-6-10-14/h4-13H,3H2,1-2H3,(H,21,22,23)/p+1. The summed E-state index contributed by atoms with van der Waals surface area (Å²) in [5.41, 5.74) is 3.80. The third-order valence-corrected chi connectivity index (χ3v) is 4.34. The minimum absolute atomic E-state index is 0.252. The van der Waals surface area contributed by atoms with Crippen molar-refractivity contribution in [2.24, 2.45) is 0 Å². The second-order valence-electron chi connectivity index (χ2n) is 6.02. The molecule has 0 saturated heterocycles. The van der Waals surface area contributed by atoms with Crippen molar-refractivity contribution in [3.63, 3.8) is 0 Å². The molecule has 0 amide bonds. The topological polar surface area (TPSA) is 55.5 Å². The van der Waals surface area contributed by atoms with E-state index in [0.29, 0.717) is 0 Å². The Morgan fingerprint density at radius 3 is 2.54 bits per heavy atom. The number of furan rings is 1. The zero-order valence-electron chi connectivity index (χ0n) is 13.9. The number of nitrogens with two attached hydrogens (primary N) is 1. The summed E-state index contributed by atoms with van der Waals surface area (Å²) >= 11 is 0. The molecule has 1 unspecified atom stereocenters. The molecule has 4 aromatic rings. The van der Waals surface area contributed by atoms with Gasteiger partial charge in [0.15, 0.2) is 0 Å². The molecule has 2 aromatic carbocycles. The van der Waals surface area contributed by atoms with Crippen LogP contribution in [0.4, 0.5) is 5.82 Å². The van der Waals surface area contributed by atoms with Gasteiger partial charge in [-0.25, -0.2) is 4.98 Å². The number of quaternary nitrogens is 1. The molecule has 120 valence electrons. The molecule has 4 nitrogen and oxygen atoms in total. The van der Waals surface area contributed by atoms with Crippen molar-refractivity contribution < 1.29 is 9.73 Å². The van der Waals surface area contributed by atoms with E-state index in [4.69, 9.17) is 14.4 Å². The Morgan fingerprint density at radius 2 is 1.75 bits per heavy atom. The zero-order chi connectivity index (χ0) is 16.5. The molecule has 0 spiro atoms. The molecule has 1 atom stereocenters. The predicted molar refractivity (Wildman–Crippen MR) is 95.1 cm³/mol. The van der Waals surface area contributed by atoms with Gasteiger partial charge in [0.05, 0.1) is 0 Å². The van der Waals surface area contributed by atoms with Crippen molar-refractivity contribution >= 4 is 27.9 Å². The minimum atomic E-state index is 0.252. The molecule has 0 radical (unpaired) electrons. The van der Waals surface area contributed by atoms with Crippen LogP contribution in [-0.2, 0) is 6.42 Å². The summed E-state index contributed by atoms with van der Waals surface area (Å²) < 4.78 is 6.06. The summed E-state index contributed by atoms with van der Waals surface area (Å²) in [7, 11) is 0. The maximum absolute atomic E-state index is 6.06. The van der Waals surface area contributed by atoms with Gasteiger partial charge in [0.25, 0.3) is 5.82 Å². The quantitative estimate of drug-likeness (QED) is 0.621. The molecule has 2 N–H and O–H groups in total. The number of benzene rings is 2. The predicted octanol–water partition coefficient (Wildman–Crippen LogP) is 3.89. The Balaban J connectivity index is 1.84. The van der Waals surface area contributed by atoms with Gasteiger partial charge in [0.1, 0.15) is 23.0 Å². The highest BCUT2D eigenvalue weighted by Gasteiger charge is 2.20. The molecular formula is C20H20N3O+. The molecule has 0 saturated carbocycles. The second kappa shape index (κ2) is 6.06. The number of hydrogen-bond donors (Lipinski definition) is 1. The first-order valence-corrected chi connectivity index (χ1v) is 8.34. The number of para-hydroxylation sites is 1. The van der Waals surface area contributed by atoms with Crippen molar-refractivity contribution in [1.82, 2.24) is 9.97 Å². The van der Waals surface area contributed by atoms with Crippen LogP contribution in [-0.4, -0.2) is 9.97 Å². The van der Waals surface area contributed by atoms with Gasteiger partial charge in [0.2, 0.25) is 5.58 Å². The van der Waals surface area contributed by atoms with E-state index in [0.717, 1.165) is 40.1 Å².